The lowest BCUT2D eigenvalue weighted by Gasteiger charge is -2.37. The molecule has 4 nitrogen and oxygen atoms in total. The molecule has 1 aliphatic rings. The SMILES string of the molecule is Cn1cnc2cccc(C3(N=C=O)CCC3)c21. The predicted octanol–water partition coefficient (Wildman–Crippen LogP) is 2.29. The van der Waals surface area contributed by atoms with Gasteiger partial charge in [-0.25, -0.2) is 9.78 Å². The smallest absolute Gasteiger partial charge is 0.235 e. The molecule has 1 heterocycles. The summed E-state index contributed by atoms with van der Waals surface area (Å²) >= 11 is 0. The summed E-state index contributed by atoms with van der Waals surface area (Å²) in [4.78, 5) is 19.0. The molecule has 1 fully saturated rings. The number of rotatable bonds is 2. The molecule has 0 spiro atoms. The van der Waals surface area contributed by atoms with E-state index in [0.29, 0.717) is 0 Å². The number of aryl methyl sites for hydroxylation is 1. The van der Waals surface area contributed by atoms with Crippen LogP contribution in [0.25, 0.3) is 11.0 Å². The Hall–Kier alpha value is -1.93. The molecule has 0 unspecified atom stereocenters. The molecule has 1 saturated carbocycles. The lowest BCUT2D eigenvalue weighted by atomic mass is 9.72. The van der Waals surface area contributed by atoms with Crippen LogP contribution in [0.15, 0.2) is 29.5 Å². The molecular weight excluding hydrogens is 214 g/mol. The summed E-state index contributed by atoms with van der Waals surface area (Å²) in [5.74, 6) is 0. The number of para-hydroxylation sites is 1. The van der Waals surface area contributed by atoms with Crippen molar-refractivity contribution in [3.63, 3.8) is 0 Å². The molecule has 0 aliphatic heterocycles. The van der Waals surface area contributed by atoms with Crippen LogP contribution in [0.2, 0.25) is 0 Å². The molecule has 1 aromatic heterocycles. The highest BCUT2D eigenvalue weighted by atomic mass is 16.1. The van der Waals surface area contributed by atoms with Gasteiger partial charge in [-0.3, -0.25) is 0 Å². The standard InChI is InChI=1S/C13H13N3O/c1-16-8-14-11-5-2-4-10(12(11)16)13(15-9-17)6-3-7-13/h2,4-5,8H,3,6-7H2,1H3. The van der Waals surface area contributed by atoms with Gasteiger partial charge in [-0.05, 0) is 25.3 Å². The summed E-state index contributed by atoms with van der Waals surface area (Å²) < 4.78 is 1.99. The van der Waals surface area contributed by atoms with Gasteiger partial charge in [0, 0.05) is 12.6 Å². The molecule has 0 radical (unpaired) electrons. The molecule has 3 rings (SSSR count). The second-order valence-electron chi connectivity index (χ2n) is 4.62. The van der Waals surface area contributed by atoms with E-state index in [2.05, 4.69) is 9.98 Å². The fourth-order valence-electron chi connectivity index (χ4n) is 2.63. The molecule has 0 saturated heterocycles. The number of aromatic nitrogens is 2. The van der Waals surface area contributed by atoms with Crippen LogP contribution < -0.4 is 0 Å². The van der Waals surface area contributed by atoms with Gasteiger partial charge in [-0.1, -0.05) is 12.1 Å². The summed E-state index contributed by atoms with van der Waals surface area (Å²) in [5, 5.41) is 0. The quantitative estimate of drug-likeness (QED) is 0.583. The van der Waals surface area contributed by atoms with Gasteiger partial charge in [0.05, 0.1) is 17.4 Å². The molecule has 0 N–H and O–H groups in total. The molecule has 86 valence electrons. The minimum absolute atomic E-state index is 0.352. The van der Waals surface area contributed by atoms with Crippen molar-refractivity contribution >= 4 is 17.1 Å². The monoisotopic (exact) mass is 227 g/mol. The summed E-state index contributed by atoms with van der Waals surface area (Å²) in [7, 11) is 1.97. The van der Waals surface area contributed by atoms with E-state index in [1.807, 2.05) is 29.8 Å². The van der Waals surface area contributed by atoms with Crippen molar-refractivity contribution in [1.29, 1.82) is 0 Å². The molecular formula is C13H13N3O. The van der Waals surface area contributed by atoms with Gasteiger partial charge in [-0.2, -0.15) is 4.99 Å². The predicted molar refractivity (Wildman–Crippen MR) is 64.4 cm³/mol. The normalized spacial score (nSPS) is 17.5. The van der Waals surface area contributed by atoms with E-state index >= 15 is 0 Å². The van der Waals surface area contributed by atoms with Crippen molar-refractivity contribution in [2.75, 3.05) is 0 Å². The van der Waals surface area contributed by atoms with Crippen LogP contribution >= 0.6 is 0 Å². The summed E-state index contributed by atoms with van der Waals surface area (Å²) in [6, 6.07) is 6.00. The Bertz CT molecular complexity index is 619. The number of aliphatic imine (C=N–C) groups is 1. The van der Waals surface area contributed by atoms with Crippen molar-refractivity contribution in [3.05, 3.63) is 30.1 Å². The molecule has 17 heavy (non-hydrogen) atoms. The van der Waals surface area contributed by atoms with Gasteiger partial charge in [-0.15, -0.1) is 0 Å². The number of isocyanates is 1. The van der Waals surface area contributed by atoms with E-state index < -0.39 is 0 Å². The topological polar surface area (TPSA) is 47.2 Å². The first-order chi connectivity index (χ1) is 8.27. The van der Waals surface area contributed by atoms with Crippen LogP contribution in [0.5, 0.6) is 0 Å². The molecule has 4 heteroatoms. The van der Waals surface area contributed by atoms with Crippen molar-refractivity contribution < 1.29 is 4.79 Å². The largest absolute Gasteiger partial charge is 0.333 e. The van der Waals surface area contributed by atoms with Gasteiger partial charge >= 0.3 is 0 Å². The van der Waals surface area contributed by atoms with Gasteiger partial charge in [0.15, 0.2) is 0 Å². The van der Waals surface area contributed by atoms with Crippen LogP contribution in [-0.4, -0.2) is 15.6 Å². The lowest BCUT2D eigenvalue weighted by molar-refractivity contribution is 0.257. The maximum Gasteiger partial charge on any atom is 0.235 e. The van der Waals surface area contributed by atoms with Crippen molar-refractivity contribution in [3.8, 4) is 0 Å². The van der Waals surface area contributed by atoms with Crippen molar-refractivity contribution in [2.24, 2.45) is 12.0 Å². The second kappa shape index (κ2) is 3.54. The molecule has 0 atom stereocenters. The fraction of sp³-hybridized carbons (Fsp3) is 0.385. The van der Waals surface area contributed by atoms with E-state index in [1.165, 1.54) is 0 Å². The van der Waals surface area contributed by atoms with E-state index in [-0.39, 0.29) is 5.54 Å². The summed E-state index contributed by atoms with van der Waals surface area (Å²) in [5.41, 5.74) is 2.78. The van der Waals surface area contributed by atoms with E-state index in [9.17, 15) is 4.79 Å². The van der Waals surface area contributed by atoms with Crippen LogP contribution in [0.3, 0.4) is 0 Å². The number of imidazole rings is 1. The van der Waals surface area contributed by atoms with Gasteiger partial charge in [0.25, 0.3) is 0 Å². The Morgan fingerprint density at radius 3 is 2.94 bits per heavy atom. The number of benzene rings is 1. The average molecular weight is 227 g/mol. The van der Waals surface area contributed by atoms with Crippen LogP contribution in [0, 0.1) is 0 Å². The zero-order valence-corrected chi connectivity index (χ0v) is 9.68. The highest BCUT2D eigenvalue weighted by molar-refractivity contribution is 5.80. The molecule has 0 bridgehead atoms. The second-order valence-corrected chi connectivity index (χ2v) is 4.62. The number of hydrogen-bond donors (Lipinski definition) is 0. The number of hydrogen-bond acceptors (Lipinski definition) is 3. The lowest BCUT2D eigenvalue weighted by Crippen LogP contribution is -2.32. The summed E-state index contributed by atoms with van der Waals surface area (Å²) in [6.45, 7) is 0. The Kier molecular flexibility index (Phi) is 2.13. The molecule has 1 aromatic carbocycles. The Morgan fingerprint density at radius 2 is 2.29 bits per heavy atom. The zero-order chi connectivity index (χ0) is 11.9. The van der Waals surface area contributed by atoms with E-state index in [4.69, 9.17) is 0 Å². The molecule has 2 aromatic rings. The Morgan fingerprint density at radius 1 is 1.47 bits per heavy atom. The van der Waals surface area contributed by atoms with E-state index in [1.54, 1.807) is 12.4 Å². The number of fused-ring (bicyclic) bond motifs is 1. The Labute approximate surface area is 99.0 Å². The average Bonchev–Trinajstić information content (AvgIpc) is 2.66. The highest BCUT2D eigenvalue weighted by Gasteiger charge is 2.40. The fourth-order valence-corrected chi connectivity index (χ4v) is 2.63. The van der Waals surface area contributed by atoms with Gasteiger partial charge < -0.3 is 4.57 Å². The first-order valence-corrected chi connectivity index (χ1v) is 5.76. The van der Waals surface area contributed by atoms with Crippen LogP contribution in [0.4, 0.5) is 0 Å². The highest BCUT2D eigenvalue weighted by Crippen LogP contribution is 2.46. The maximum atomic E-state index is 10.6. The number of nitrogens with zero attached hydrogens (tertiary/aromatic N) is 3. The van der Waals surface area contributed by atoms with Crippen molar-refractivity contribution in [1.82, 2.24) is 9.55 Å². The first-order valence-electron chi connectivity index (χ1n) is 5.76. The van der Waals surface area contributed by atoms with Gasteiger partial charge in [0.2, 0.25) is 6.08 Å². The molecule has 0 amide bonds. The third kappa shape index (κ3) is 1.34. The van der Waals surface area contributed by atoms with Crippen molar-refractivity contribution in [2.45, 2.75) is 24.8 Å². The zero-order valence-electron chi connectivity index (χ0n) is 9.68. The maximum absolute atomic E-state index is 10.6. The van der Waals surface area contributed by atoms with Crippen LogP contribution in [0.1, 0.15) is 24.8 Å². The minimum Gasteiger partial charge on any atom is -0.333 e. The van der Waals surface area contributed by atoms with E-state index in [0.717, 1.165) is 35.9 Å². The first kappa shape index (κ1) is 10.2. The number of carbonyl (C=O) groups excluding carboxylic acids is 1. The summed E-state index contributed by atoms with van der Waals surface area (Å²) in [6.07, 6.45) is 6.48. The molecule has 1 aliphatic carbocycles. The third-order valence-corrected chi connectivity index (χ3v) is 3.68. The van der Waals surface area contributed by atoms with Gasteiger partial charge in [0.1, 0.15) is 5.54 Å². The van der Waals surface area contributed by atoms with Crippen LogP contribution in [-0.2, 0) is 17.4 Å². The Balaban J connectivity index is 2.29. The third-order valence-electron chi connectivity index (χ3n) is 3.68. The minimum atomic E-state index is -0.352.